The van der Waals surface area contributed by atoms with Gasteiger partial charge < -0.3 is 0 Å². The minimum absolute atomic E-state index is 0.264. The van der Waals surface area contributed by atoms with E-state index in [1.807, 2.05) is 0 Å². The molecule has 0 radical (unpaired) electrons. The first-order valence-electron chi connectivity index (χ1n) is 3.59. The van der Waals surface area contributed by atoms with Crippen LogP contribution in [0.15, 0.2) is 35.3 Å². The predicted molar refractivity (Wildman–Crippen MR) is 49.0 cm³/mol. The SMILES string of the molecule is Fc1ccc(-n2ncnc2Br)cc1. The van der Waals surface area contributed by atoms with Crippen LogP contribution < -0.4 is 0 Å². The van der Waals surface area contributed by atoms with Crippen LogP contribution in [0.25, 0.3) is 5.69 Å². The smallest absolute Gasteiger partial charge is 0.199 e. The maximum Gasteiger partial charge on any atom is 0.199 e. The maximum atomic E-state index is 12.6. The molecule has 0 N–H and O–H groups in total. The number of rotatable bonds is 1. The van der Waals surface area contributed by atoms with Gasteiger partial charge in [0.1, 0.15) is 12.1 Å². The molecule has 0 spiro atoms. The molecule has 0 fully saturated rings. The van der Waals surface area contributed by atoms with Crippen LogP contribution in [0, 0.1) is 5.82 Å². The summed E-state index contributed by atoms with van der Waals surface area (Å²) in [6.07, 6.45) is 1.42. The van der Waals surface area contributed by atoms with Crippen molar-refractivity contribution >= 4 is 15.9 Å². The van der Waals surface area contributed by atoms with Crippen LogP contribution in [0.1, 0.15) is 0 Å². The Kier molecular flexibility index (Phi) is 2.10. The second-order valence-corrected chi connectivity index (χ2v) is 3.13. The normalized spacial score (nSPS) is 10.3. The third-order valence-electron chi connectivity index (χ3n) is 1.58. The van der Waals surface area contributed by atoms with Gasteiger partial charge in [0.2, 0.25) is 0 Å². The van der Waals surface area contributed by atoms with Crippen molar-refractivity contribution in [2.45, 2.75) is 0 Å². The van der Waals surface area contributed by atoms with E-state index in [9.17, 15) is 4.39 Å². The first-order valence-corrected chi connectivity index (χ1v) is 4.38. The van der Waals surface area contributed by atoms with Gasteiger partial charge in [-0.15, -0.1) is 0 Å². The Morgan fingerprint density at radius 1 is 1.23 bits per heavy atom. The minimum Gasteiger partial charge on any atom is -0.209 e. The molecule has 2 rings (SSSR count). The van der Waals surface area contributed by atoms with Gasteiger partial charge in [0.25, 0.3) is 0 Å². The van der Waals surface area contributed by atoms with E-state index in [1.165, 1.54) is 18.5 Å². The highest BCUT2D eigenvalue weighted by molar-refractivity contribution is 9.10. The third-order valence-corrected chi connectivity index (χ3v) is 2.12. The fraction of sp³-hybridized carbons (Fsp3) is 0. The zero-order chi connectivity index (χ0) is 9.26. The number of halogens is 2. The molecular formula is C8H5BrFN3. The zero-order valence-electron chi connectivity index (χ0n) is 6.48. The summed E-state index contributed by atoms with van der Waals surface area (Å²) in [4.78, 5) is 3.89. The van der Waals surface area contributed by atoms with Crippen LogP contribution >= 0.6 is 15.9 Å². The van der Waals surface area contributed by atoms with E-state index in [1.54, 1.807) is 16.8 Å². The summed E-state index contributed by atoms with van der Waals surface area (Å²) < 4.78 is 14.7. The Bertz CT molecular complexity index is 410. The van der Waals surface area contributed by atoms with Gasteiger partial charge in [0.05, 0.1) is 5.69 Å². The van der Waals surface area contributed by atoms with Crippen LogP contribution in [0.3, 0.4) is 0 Å². The van der Waals surface area contributed by atoms with Gasteiger partial charge >= 0.3 is 0 Å². The van der Waals surface area contributed by atoms with Crippen molar-refractivity contribution in [3.63, 3.8) is 0 Å². The predicted octanol–water partition coefficient (Wildman–Crippen LogP) is 2.17. The summed E-state index contributed by atoms with van der Waals surface area (Å²) in [5, 5.41) is 3.95. The lowest BCUT2D eigenvalue weighted by Gasteiger charge is -2.00. The van der Waals surface area contributed by atoms with Gasteiger partial charge in [-0.1, -0.05) is 0 Å². The van der Waals surface area contributed by atoms with Crippen molar-refractivity contribution in [1.29, 1.82) is 0 Å². The van der Waals surface area contributed by atoms with Gasteiger partial charge in [0, 0.05) is 0 Å². The van der Waals surface area contributed by atoms with E-state index in [0.717, 1.165) is 5.69 Å². The van der Waals surface area contributed by atoms with Crippen molar-refractivity contribution in [2.24, 2.45) is 0 Å². The first-order chi connectivity index (χ1) is 6.27. The highest BCUT2D eigenvalue weighted by Crippen LogP contribution is 2.12. The van der Waals surface area contributed by atoms with E-state index in [0.29, 0.717) is 4.73 Å². The number of aromatic nitrogens is 3. The molecule has 0 amide bonds. The van der Waals surface area contributed by atoms with E-state index in [-0.39, 0.29) is 5.82 Å². The fourth-order valence-corrected chi connectivity index (χ4v) is 1.37. The summed E-state index contributed by atoms with van der Waals surface area (Å²) in [6, 6.07) is 6.02. The molecule has 0 unspecified atom stereocenters. The molecular weight excluding hydrogens is 237 g/mol. The van der Waals surface area contributed by atoms with Crippen LogP contribution in [0.4, 0.5) is 4.39 Å². The second kappa shape index (κ2) is 3.26. The van der Waals surface area contributed by atoms with Gasteiger partial charge in [-0.25, -0.2) is 14.1 Å². The van der Waals surface area contributed by atoms with Crippen molar-refractivity contribution in [2.75, 3.05) is 0 Å². The third kappa shape index (κ3) is 1.60. The minimum atomic E-state index is -0.264. The number of hydrogen-bond donors (Lipinski definition) is 0. The zero-order valence-corrected chi connectivity index (χ0v) is 8.07. The standard InChI is InChI=1S/C8H5BrFN3/c9-8-11-5-12-13(8)7-3-1-6(10)2-4-7/h1-5H. The average molecular weight is 242 g/mol. The average Bonchev–Trinajstić information content (AvgIpc) is 2.53. The molecule has 0 saturated heterocycles. The molecule has 13 heavy (non-hydrogen) atoms. The summed E-state index contributed by atoms with van der Waals surface area (Å²) in [6.45, 7) is 0. The molecule has 0 bridgehead atoms. The monoisotopic (exact) mass is 241 g/mol. The van der Waals surface area contributed by atoms with E-state index in [4.69, 9.17) is 0 Å². The molecule has 0 aliphatic rings. The molecule has 2 aromatic rings. The molecule has 3 nitrogen and oxygen atoms in total. The van der Waals surface area contributed by atoms with Crippen LogP contribution in [-0.4, -0.2) is 14.8 Å². The van der Waals surface area contributed by atoms with Gasteiger partial charge in [-0.3, -0.25) is 0 Å². The molecule has 1 aromatic carbocycles. The molecule has 66 valence electrons. The first kappa shape index (κ1) is 8.37. The molecule has 0 saturated carbocycles. The van der Waals surface area contributed by atoms with Crippen LogP contribution in [0.2, 0.25) is 0 Å². The van der Waals surface area contributed by atoms with E-state index in [2.05, 4.69) is 26.0 Å². The van der Waals surface area contributed by atoms with Crippen LogP contribution in [0.5, 0.6) is 0 Å². The Balaban J connectivity index is 2.47. The maximum absolute atomic E-state index is 12.6. The summed E-state index contributed by atoms with van der Waals surface area (Å²) in [5.74, 6) is -0.264. The Morgan fingerprint density at radius 2 is 1.92 bits per heavy atom. The van der Waals surface area contributed by atoms with Gasteiger partial charge in [0.15, 0.2) is 4.73 Å². The summed E-state index contributed by atoms with van der Waals surface area (Å²) >= 11 is 3.22. The number of hydrogen-bond acceptors (Lipinski definition) is 2. The van der Waals surface area contributed by atoms with Crippen LogP contribution in [-0.2, 0) is 0 Å². The van der Waals surface area contributed by atoms with Crippen molar-refractivity contribution in [3.8, 4) is 5.69 Å². The van der Waals surface area contributed by atoms with E-state index >= 15 is 0 Å². The highest BCUT2D eigenvalue weighted by atomic mass is 79.9. The Hall–Kier alpha value is -1.23. The van der Waals surface area contributed by atoms with Crippen molar-refractivity contribution < 1.29 is 4.39 Å². The lowest BCUT2D eigenvalue weighted by Crippen LogP contribution is -1.96. The van der Waals surface area contributed by atoms with Crippen molar-refractivity contribution in [1.82, 2.24) is 14.8 Å². The summed E-state index contributed by atoms with van der Waals surface area (Å²) in [7, 11) is 0. The number of benzene rings is 1. The summed E-state index contributed by atoms with van der Waals surface area (Å²) in [5.41, 5.74) is 0.769. The highest BCUT2D eigenvalue weighted by Gasteiger charge is 2.02. The Morgan fingerprint density at radius 3 is 2.46 bits per heavy atom. The quantitative estimate of drug-likeness (QED) is 0.767. The molecule has 0 atom stereocenters. The number of nitrogens with zero attached hydrogens (tertiary/aromatic N) is 3. The molecule has 0 aliphatic carbocycles. The second-order valence-electron chi connectivity index (χ2n) is 2.42. The molecule has 5 heteroatoms. The van der Waals surface area contributed by atoms with Gasteiger partial charge in [-0.2, -0.15) is 5.10 Å². The lowest BCUT2D eigenvalue weighted by molar-refractivity contribution is 0.627. The topological polar surface area (TPSA) is 30.7 Å². The fourth-order valence-electron chi connectivity index (χ4n) is 0.983. The Labute approximate surface area is 82.3 Å². The molecule has 1 heterocycles. The van der Waals surface area contributed by atoms with E-state index < -0.39 is 0 Å². The largest absolute Gasteiger partial charge is 0.209 e. The lowest BCUT2D eigenvalue weighted by atomic mass is 10.3. The molecule has 0 aliphatic heterocycles. The van der Waals surface area contributed by atoms with Gasteiger partial charge in [-0.05, 0) is 40.2 Å². The molecule has 1 aromatic heterocycles. The van der Waals surface area contributed by atoms with Crippen molar-refractivity contribution in [3.05, 3.63) is 41.1 Å².